The van der Waals surface area contributed by atoms with Gasteiger partial charge in [-0.3, -0.25) is 9.59 Å². The number of hydrogen-bond acceptors (Lipinski definition) is 3. The predicted molar refractivity (Wildman–Crippen MR) is 108 cm³/mol. The van der Waals surface area contributed by atoms with Crippen LogP contribution in [-0.4, -0.2) is 24.4 Å². The van der Waals surface area contributed by atoms with Gasteiger partial charge < -0.3 is 15.5 Å². The quantitative estimate of drug-likeness (QED) is 0.765. The summed E-state index contributed by atoms with van der Waals surface area (Å²) in [5.74, 6) is -0.487. The van der Waals surface area contributed by atoms with Crippen molar-refractivity contribution < 1.29 is 9.59 Å². The number of hydrogen-bond donors (Lipinski definition) is 2. The van der Waals surface area contributed by atoms with E-state index in [1.165, 1.54) is 6.92 Å². The fourth-order valence-corrected chi connectivity index (χ4v) is 2.94. The number of amides is 2. The third-order valence-corrected chi connectivity index (χ3v) is 4.20. The smallest absolute Gasteiger partial charge is 0.255 e. The van der Waals surface area contributed by atoms with E-state index in [4.69, 9.17) is 11.6 Å². The zero-order valence-corrected chi connectivity index (χ0v) is 16.2. The molecule has 2 aromatic carbocycles. The zero-order chi connectivity index (χ0) is 19.3. The van der Waals surface area contributed by atoms with Gasteiger partial charge in [0.15, 0.2) is 0 Å². The van der Waals surface area contributed by atoms with Gasteiger partial charge in [0, 0.05) is 35.8 Å². The molecule has 0 atom stereocenters. The average Bonchev–Trinajstić information content (AvgIpc) is 2.58. The highest BCUT2D eigenvalue weighted by atomic mass is 35.5. The van der Waals surface area contributed by atoms with Gasteiger partial charge in [-0.25, -0.2) is 0 Å². The lowest BCUT2D eigenvalue weighted by atomic mass is 10.1. The Bertz CT molecular complexity index is 788. The molecule has 0 spiro atoms. The van der Waals surface area contributed by atoms with Gasteiger partial charge in [0.2, 0.25) is 5.91 Å². The standard InChI is InChI=1S/C20H24ClN3O2/c1-5-24(13(2)3)17-9-6-15(7-10-17)20(26)23-19-12-16(21)8-11-18(19)22-14(4)25/h6-13H,5H2,1-4H3,(H,22,25)(H,23,26). The second-order valence-electron chi connectivity index (χ2n) is 6.25. The Kier molecular flexibility index (Phi) is 6.64. The van der Waals surface area contributed by atoms with Gasteiger partial charge in [-0.2, -0.15) is 0 Å². The first kappa shape index (κ1) is 19.8. The van der Waals surface area contributed by atoms with Crippen molar-refractivity contribution in [2.45, 2.75) is 33.7 Å². The van der Waals surface area contributed by atoms with Crippen LogP contribution in [0, 0.1) is 0 Å². The Morgan fingerprint density at radius 3 is 2.23 bits per heavy atom. The van der Waals surface area contributed by atoms with E-state index in [0.29, 0.717) is 28.0 Å². The van der Waals surface area contributed by atoms with Crippen LogP contribution < -0.4 is 15.5 Å². The minimum atomic E-state index is -0.266. The number of halogens is 1. The van der Waals surface area contributed by atoms with Crippen molar-refractivity contribution in [3.63, 3.8) is 0 Å². The average molecular weight is 374 g/mol. The molecule has 2 aromatic rings. The largest absolute Gasteiger partial charge is 0.369 e. The van der Waals surface area contributed by atoms with Crippen LogP contribution in [-0.2, 0) is 4.79 Å². The summed E-state index contributed by atoms with van der Waals surface area (Å²) in [6, 6.07) is 12.8. The molecule has 0 fully saturated rings. The predicted octanol–water partition coefficient (Wildman–Crippen LogP) is 4.79. The molecule has 0 aliphatic heterocycles. The topological polar surface area (TPSA) is 61.4 Å². The third-order valence-electron chi connectivity index (χ3n) is 3.97. The van der Waals surface area contributed by atoms with Crippen molar-refractivity contribution in [3.05, 3.63) is 53.1 Å². The lowest BCUT2D eigenvalue weighted by molar-refractivity contribution is -0.114. The Balaban J connectivity index is 2.20. The molecule has 0 bridgehead atoms. The van der Waals surface area contributed by atoms with Gasteiger partial charge >= 0.3 is 0 Å². The van der Waals surface area contributed by atoms with Gasteiger partial charge in [0.25, 0.3) is 5.91 Å². The van der Waals surface area contributed by atoms with Crippen LogP contribution in [0.5, 0.6) is 0 Å². The molecule has 2 N–H and O–H groups in total. The molecule has 0 aliphatic carbocycles. The normalized spacial score (nSPS) is 10.5. The lowest BCUT2D eigenvalue weighted by Gasteiger charge is -2.27. The second kappa shape index (κ2) is 8.72. The number of anilines is 3. The maximum Gasteiger partial charge on any atom is 0.255 e. The third kappa shape index (κ3) is 4.99. The highest BCUT2D eigenvalue weighted by Gasteiger charge is 2.13. The zero-order valence-electron chi connectivity index (χ0n) is 15.5. The number of carbonyl (C=O) groups is 2. The van der Waals surface area contributed by atoms with E-state index in [1.807, 2.05) is 12.1 Å². The summed E-state index contributed by atoms with van der Waals surface area (Å²) >= 11 is 6.01. The number of nitrogens with one attached hydrogen (secondary N) is 2. The van der Waals surface area contributed by atoms with Crippen LogP contribution in [0.25, 0.3) is 0 Å². The molecule has 0 radical (unpaired) electrons. The van der Waals surface area contributed by atoms with Crippen molar-refractivity contribution in [1.82, 2.24) is 0 Å². The molecule has 6 heteroatoms. The van der Waals surface area contributed by atoms with Crippen LogP contribution in [0.1, 0.15) is 38.1 Å². The van der Waals surface area contributed by atoms with Gasteiger partial charge in [-0.05, 0) is 63.2 Å². The fraction of sp³-hybridized carbons (Fsp3) is 0.300. The first-order valence-corrected chi connectivity index (χ1v) is 8.94. The molecular weight excluding hydrogens is 350 g/mol. The van der Waals surface area contributed by atoms with Gasteiger partial charge in [0.1, 0.15) is 0 Å². The molecule has 138 valence electrons. The van der Waals surface area contributed by atoms with Crippen LogP contribution >= 0.6 is 11.6 Å². The van der Waals surface area contributed by atoms with E-state index in [-0.39, 0.29) is 11.8 Å². The van der Waals surface area contributed by atoms with Crippen molar-refractivity contribution in [2.24, 2.45) is 0 Å². The maximum absolute atomic E-state index is 12.6. The van der Waals surface area contributed by atoms with Crippen molar-refractivity contribution in [1.29, 1.82) is 0 Å². The molecular formula is C20H24ClN3O2. The van der Waals surface area contributed by atoms with Gasteiger partial charge in [-0.1, -0.05) is 11.6 Å². The Hall–Kier alpha value is -2.53. The number of benzene rings is 2. The van der Waals surface area contributed by atoms with Crippen molar-refractivity contribution >= 4 is 40.5 Å². The minimum Gasteiger partial charge on any atom is -0.369 e. The summed E-state index contributed by atoms with van der Waals surface area (Å²) in [5, 5.41) is 5.96. The molecule has 0 heterocycles. The molecule has 26 heavy (non-hydrogen) atoms. The van der Waals surface area contributed by atoms with E-state index in [1.54, 1.807) is 30.3 Å². The van der Waals surface area contributed by atoms with Crippen LogP contribution in [0.3, 0.4) is 0 Å². The van der Waals surface area contributed by atoms with Gasteiger partial charge in [-0.15, -0.1) is 0 Å². The number of carbonyl (C=O) groups excluding carboxylic acids is 2. The van der Waals surface area contributed by atoms with Crippen LogP contribution in [0.2, 0.25) is 5.02 Å². The Labute approximate surface area is 159 Å². The second-order valence-corrected chi connectivity index (χ2v) is 6.69. The van der Waals surface area contributed by atoms with E-state index >= 15 is 0 Å². The first-order valence-electron chi connectivity index (χ1n) is 8.57. The monoisotopic (exact) mass is 373 g/mol. The molecule has 0 saturated heterocycles. The summed E-state index contributed by atoms with van der Waals surface area (Å²) in [6.45, 7) is 8.67. The minimum absolute atomic E-state index is 0.222. The molecule has 2 amide bonds. The van der Waals surface area contributed by atoms with E-state index < -0.39 is 0 Å². The summed E-state index contributed by atoms with van der Waals surface area (Å²) in [6.07, 6.45) is 0. The molecule has 0 unspecified atom stereocenters. The number of rotatable bonds is 6. The first-order chi connectivity index (χ1) is 12.3. The molecule has 0 saturated carbocycles. The van der Waals surface area contributed by atoms with E-state index in [2.05, 4.69) is 36.3 Å². The van der Waals surface area contributed by atoms with E-state index in [0.717, 1.165) is 12.2 Å². The van der Waals surface area contributed by atoms with E-state index in [9.17, 15) is 9.59 Å². The summed E-state index contributed by atoms with van der Waals surface area (Å²) in [5.41, 5.74) is 2.56. The SMILES string of the molecule is CCN(c1ccc(C(=O)Nc2cc(Cl)ccc2NC(C)=O)cc1)C(C)C. The Morgan fingerprint density at radius 1 is 1.04 bits per heavy atom. The molecule has 5 nitrogen and oxygen atoms in total. The highest BCUT2D eigenvalue weighted by molar-refractivity contribution is 6.31. The Morgan fingerprint density at radius 2 is 1.69 bits per heavy atom. The van der Waals surface area contributed by atoms with Crippen LogP contribution in [0.4, 0.5) is 17.1 Å². The van der Waals surface area contributed by atoms with Crippen LogP contribution in [0.15, 0.2) is 42.5 Å². The molecule has 0 aliphatic rings. The summed E-state index contributed by atoms with van der Waals surface area (Å²) in [4.78, 5) is 26.1. The lowest BCUT2D eigenvalue weighted by Crippen LogP contribution is -2.30. The van der Waals surface area contributed by atoms with Gasteiger partial charge in [0.05, 0.1) is 11.4 Å². The fourth-order valence-electron chi connectivity index (χ4n) is 2.76. The molecule has 0 aromatic heterocycles. The van der Waals surface area contributed by atoms with Crippen molar-refractivity contribution in [3.8, 4) is 0 Å². The summed E-state index contributed by atoms with van der Waals surface area (Å²) in [7, 11) is 0. The number of nitrogens with zero attached hydrogens (tertiary/aromatic N) is 1. The molecule has 2 rings (SSSR count). The maximum atomic E-state index is 12.6. The highest BCUT2D eigenvalue weighted by Crippen LogP contribution is 2.27. The summed E-state index contributed by atoms with van der Waals surface area (Å²) < 4.78 is 0. The van der Waals surface area contributed by atoms with Crippen molar-refractivity contribution in [2.75, 3.05) is 22.1 Å².